The molecule has 146 valence electrons. The van der Waals surface area contributed by atoms with Gasteiger partial charge in [0, 0.05) is 31.2 Å². The third-order valence-electron chi connectivity index (χ3n) is 4.57. The van der Waals surface area contributed by atoms with Crippen molar-refractivity contribution in [1.29, 1.82) is 0 Å². The normalized spacial score (nSPS) is 17.2. The van der Waals surface area contributed by atoms with Crippen molar-refractivity contribution >= 4 is 5.95 Å². The quantitative estimate of drug-likeness (QED) is 0.676. The van der Waals surface area contributed by atoms with Crippen LogP contribution in [0.25, 0.3) is 5.82 Å². The summed E-state index contributed by atoms with van der Waals surface area (Å²) < 4.78 is 41.9. The van der Waals surface area contributed by atoms with Gasteiger partial charge in [0.1, 0.15) is 12.0 Å². The third-order valence-corrected chi connectivity index (χ3v) is 4.57. The molecule has 4 rings (SSSR count). The summed E-state index contributed by atoms with van der Waals surface area (Å²) in [5, 5.41) is 4.34. The molecule has 1 atom stereocenters. The molecule has 0 bridgehead atoms. The van der Waals surface area contributed by atoms with Gasteiger partial charge >= 0.3 is 6.18 Å². The van der Waals surface area contributed by atoms with Crippen LogP contribution < -0.4 is 10.5 Å². The predicted molar refractivity (Wildman–Crippen MR) is 93.0 cm³/mol. The zero-order valence-corrected chi connectivity index (χ0v) is 14.6. The maximum Gasteiger partial charge on any atom is 0.433 e. The maximum absolute atomic E-state index is 13.0. The summed E-state index contributed by atoms with van der Waals surface area (Å²) in [5.74, 6) is 0.535. The van der Waals surface area contributed by atoms with E-state index >= 15 is 0 Å². The van der Waals surface area contributed by atoms with Gasteiger partial charge in [-0.15, -0.1) is 0 Å². The van der Waals surface area contributed by atoms with Crippen LogP contribution in [0.3, 0.4) is 0 Å². The highest BCUT2D eigenvalue weighted by Crippen LogP contribution is 2.30. The molecule has 1 aliphatic rings. The first kappa shape index (κ1) is 18.1. The minimum atomic E-state index is -4.54. The van der Waals surface area contributed by atoms with Crippen LogP contribution in [-0.4, -0.2) is 41.9 Å². The Labute approximate surface area is 157 Å². The van der Waals surface area contributed by atoms with Crippen LogP contribution in [0.4, 0.5) is 19.1 Å². The van der Waals surface area contributed by atoms with Gasteiger partial charge < -0.3 is 4.90 Å². The molecule has 1 aliphatic heterocycles. The van der Waals surface area contributed by atoms with Crippen molar-refractivity contribution in [2.45, 2.75) is 31.6 Å². The van der Waals surface area contributed by atoms with E-state index in [0.717, 1.165) is 18.7 Å². The fraction of sp³-hybridized carbons (Fsp3) is 0.353. The Morgan fingerprint density at radius 1 is 1.18 bits per heavy atom. The molecule has 0 aromatic carbocycles. The molecule has 1 unspecified atom stereocenters. The molecule has 0 amide bonds. The Hall–Kier alpha value is -3.24. The molecule has 11 heteroatoms. The number of halogens is 3. The summed E-state index contributed by atoms with van der Waals surface area (Å²) >= 11 is 0. The molecule has 0 spiro atoms. The number of nitrogens with zero attached hydrogens (tertiary/aromatic N) is 7. The third kappa shape index (κ3) is 3.59. The molecule has 28 heavy (non-hydrogen) atoms. The first-order valence-electron chi connectivity index (χ1n) is 8.65. The van der Waals surface area contributed by atoms with E-state index in [1.54, 1.807) is 34.3 Å². The average molecular weight is 391 g/mol. The van der Waals surface area contributed by atoms with Crippen molar-refractivity contribution < 1.29 is 13.2 Å². The van der Waals surface area contributed by atoms with E-state index in [1.165, 1.54) is 10.7 Å². The van der Waals surface area contributed by atoms with E-state index in [9.17, 15) is 18.0 Å². The van der Waals surface area contributed by atoms with Gasteiger partial charge in [0.05, 0.1) is 12.6 Å². The van der Waals surface area contributed by atoms with Gasteiger partial charge in [-0.05, 0) is 25.0 Å². The number of hydrogen-bond acceptors (Lipinski definition) is 6. The lowest BCUT2D eigenvalue weighted by atomic mass is 10.2. The second kappa shape index (κ2) is 7.06. The van der Waals surface area contributed by atoms with E-state index < -0.39 is 11.9 Å². The zero-order chi connectivity index (χ0) is 19.7. The van der Waals surface area contributed by atoms with Crippen LogP contribution in [0.2, 0.25) is 0 Å². The average Bonchev–Trinajstić information content (AvgIpc) is 3.35. The van der Waals surface area contributed by atoms with Crippen LogP contribution in [0.1, 0.15) is 18.5 Å². The fourth-order valence-corrected chi connectivity index (χ4v) is 3.23. The summed E-state index contributed by atoms with van der Waals surface area (Å²) in [7, 11) is 0. The molecule has 0 radical (unpaired) electrons. The van der Waals surface area contributed by atoms with E-state index in [-0.39, 0.29) is 24.1 Å². The van der Waals surface area contributed by atoms with Crippen LogP contribution in [0, 0.1) is 0 Å². The Kier molecular flexibility index (Phi) is 4.57. The van der Waals surface area contributed by atoms with Crippen molar-refractivity contribution in [2.75, 3.05) is 11.4 Å². The van der Waals surface area contributed by atoms with Gasteiger partial charge in [-0.3, -0.25) is 9.36 Å². The lowest BCUT2D eigenvalue weighted by Gasteiger charge is -2.25. The van der Waals surface area contributed by atoms with E-state index in [0.29, 0.717) is 18.8 Å². The highest BCUT2D eigenvalue weighted by Gasteiger charge is 2.34. The van der Waals surface area contributed by atoms with Crippen molar-refractivity contribution in [1.82, 2.24) is 29.3 Å². The zero-order valence-electron chi connectivity index (χ0n) is 14.6. The molecule has 0 N–H and O–H groups in total. The van der Waals surface area contributed by atoms with Crippen LogP contribution in [0.5, 0.6) is 0 Å². The van der Waals surface area contributed by atoms with Crippen LogP contribution >= 0.6 is 0 Å². The molecular weight excluding hydrogens is 375 g/mol. The Morgan fingerprint density at radius 3 is 2.79 bits per heavy atom. The number of alkyl halides is 3. The summed E-state index contributed by atoms with van der Waals surface area (Å²) in [6, 6.07) is 3.60. The van der Waals surface area contributed by atoms with E-state index in [4.69, 9.17) is 0 Å². The van der Waals surface area contributed by atoms with E-state index in [1.807, 2.05) is 0 Å². The number of hydrogen-bond donors (Lipinski definition) is 0. The summed E-state index contributed by atoms with van der Waals surface area (Å²) in [4.78, 5) is 25.6. The van der Waals surface area contributed by atoms with Gasteiger partial charge in [0.25, 0.3) is 5.56 Å². The molecule has 3 aromatic heterocycles. The molecule has 8 nitrogen and oxygen atoms in total. The minimum absolute atomic E-state index is 0.0103. The maximum atomic E-state index is 13.0. The Morgan fingerprint density at radius 2 is 2.04 bits per heavy atom. The van der Waals surface area contributed by atoms with E-state index in [2.05, 4.69) is 20.1 Å². The first-order chi connectivity index (χ1) is 13.4. The fourth-order valence-electron chi connectivity index (χ4n) is 3.23. The van der Waals surface area contributed by atoms with Gasteiger partial charge in [-0.1, -0.05) is 0 Å². The molecule has 3 aromatic rings. The van der Waals surface area contributed by atoms with Crippen LogP contribution in [-0.2, 0) is 12.7 Å². The summed E-state index contributed by atoms with van der Waals surface area (Å²) in [6.07, 6.45) is 2.89. The highest BCUT2D eigenvalue weighted by molar-refractivity contribution is 5.34. The van der Waals surface area contributed by atoms with Crippen molar-refractivity contribution in [2.24, 2.45) is 0 Å². The molecule has 4 heterocycles. The van der Waals surface area contributed by atoms with Crippen molar-refractivity contribution in [3.05, 3.63) is 59.2 Å². The summed E-state index contributed by atoms with van der Waals surface area (Å²) in [5.41, 5.74) is -1.28. The molecule has 0 aliphatic carbocycles. The van der Waals surface area contributed by atoms with Crippen molar-refractivity contribution in [3.63, 3.8) is 0 Å². The highest BCUT2D eigenvalue weighted by atomic mass is 19.4. The number of anilines is 1. The Balaban J connectivity index is 1.60. The number of aromatic nitrogens is 6. The first-order valence-corrected chi connectivity index (χ1v) is 8.65. The molecule has 1 fully saturated rings. The Bertz CT molecular complexity index is 1020. The second-order valence-corrected chi connectivity index (χ2v) is 6.41. The van der Waals surface area contributed by atoms with Gasteiger partial charge in [0.2, 0.25) is 5.95 Å². The van der Waals surface area contributed by atoms with Gasteiger partial charge in [-0.25, -0.2) is 19.6 Å². The standard InChI is InChI=1S/C17H16F3N7O/c18-17(19,20)13-5-6-22-16(23-13)26-8-1-2-12(26)10-27-15(28)4-3-14(24-27)25-9-7-21-11-25/h3-7,9,11-12H,1-2,8,10H2. The lowest BCUT2D eigenvalue weighted by Crippen LogP contribution is -2.38. The minimum Gasteiger partial charge on any atom is -0.336 e. The smallest absolute Gasteiger partial charge is 0.336 e. The molecule has 1 saturated heterocycles. The monoisotopic (exact) mass is 391 g/mol. The van der Waals surface area contributed by atoms with Crippen LogP contribution in [0.15, 0.2) is 47.9 Å². The molecular formula is C17H16F3N7O. The van der Waals surface area contributed by atoms with Gasteiger partial charge in [0.15, 0.2) is 5.82 Å². The second-order valence-electron chi connectivity index (χ2n) is 6.41. The van der Waals surface area contributed by atoms with Crippen molar-refractivity contribution in [3.8, 4) is 5.82 Å². The lowest BCUT2D eigenvalue weighted by molar-refractivity contribution is -0.141. The largest absolute Gasteiger partial charge is 0.433 e. The number of rotatable bonds is 4. The summed E-state index contributed by atoms with van der Waals surface area (Å²) in [6.45, 7) is 0.739. The SMILES string of the molecule is O=c1ccc(-n2ccnc2)nn1CC1CCCN1c1nccc(C(F)(F)F)n1. The molecule has 0 saturated carbocycles. The predicted octanol–water partition coefficient (Wildman–Crippen LogP) is 1.91. The van der Waals surface area contributed by atoms with Gasteiger partial charge in [-0.2, -0.15) is 18.3 Å². The number of imidazole rings is 1. The topological polar surface area (TPSA) is 81.7 Å².